The predicted molar refractivity (Wildman–Crippen MR) is 69.0 cm³/mol. The Morgan fingerprint density at radius 1 is 1.47 bits per heavy atom. The first kappa shape index (κ1) is 15.1. The van der Waals surface area contributed by atoms with Crippen molar-refractivity contribution in [3.05, 3.63) is 16.3 Å². The van der Waals surface area contributed by atoms with E-state index in [4.69, 9.17) is 10.2 Å². The van der Waals surface area contributed by atoms with Crippen molar-refractivity contribution in [2.75, 3.05) is 30.4 Å². The Balaban J connectivity index is 2.97. The Labute approximate surface area is 109 Å². The lowest BCUT2D eigenvalue weighted by molar-refractivity contribution is -0.384. The maximum absolute atomic E-state index is 10.8. The van der Waals surface area contributed by atoms with Crippen LogP contribution in [0.3, 0.4) is 0 Å². The van der Waals surface area contributed by atoms with Gasteiger partial charge in [-0.3, -0.25) is 10.1 Å². The Hall–Kier alpha value is -2.00. The monoisotopic (exact) mass is 271 g/mol. The van der Waals surface area contributed by atoms with Crippen LogP contribution in [0.1, 0.15) is 13.3 Å². The first-order chi connectivity index (χ1) is 9.12. The summed E-state index contributed by atoms with van der Waals surface area (Å²) in [6, 6.07) is -0.715. The van der Waals surface area contributed by atoms with Crippen LogP contribution in [0.2, 0.25) is 0 Å². The number of aliphatic hydroxyl groups excluding tert-OH is 2. The molecule has 1 aromatic rings. The number of hydrogen-bond acceptors (Lipinski definition) is 8. The largest absolute Gasteiger partial charge is 0.394 e. The Morgan fingerprint density at radius 2 is 2.16 bits per heavy atom. The summed E-state index contributed by atoms with van der Waals surface area (Å²) in [5.41, 5.74) is -0.311. The van der Waals surface area contributed by atoms with Gasteiger partial charge in [-0.2, -0.15) is 4.98 Å². The van der Waals surface area contributed by atoms with Crippen LogP contribution in [-0.4, -0.2) is 50.9 Å². The van der Waals surface area contributed by atoms with Crippen LogP contribution in [0.5, 0.6) is 0 Å². The van der Waals surface area contributed by atoms with Crippen LogP contribution in [0.4, 0.5) is 17.5 Å². The quantitative estimate of drug-likeness (QED) is 0.382. The van der Waals surface area contributed by atoms with E-state index >= 15 is 0 Å². The molecule has 0 saturated carbocycles. The summed E-state index contributed by atoms with van der Waals surface area (Å²) in [6.45, 7) is 1.87. The highest BCUT2D eigenvalue weighted by molar-refractivity contribution is 5.57. The zero-order chi connectivity index (χ0) is 14.3. The molecule has 0 bridgehead atoms. The van der Waals surface area contributed by atoms with Crippen molar-refractivity contribution >= 4 is 17.5 Å². The Kier molecular flexibility index (Phi) is 5.90. The van der Waals surface area contributed by atoms with Crippen LogP contribution in [0, 0.1) is 10.1 Å². The molecule has 0 atom stereocenters. The van der Waals surface area contributed by atoms with E-state index in [2.05, 4.69) is 20.6 Å². The highest BCUT2D eigenvalue weighted by Crippen LogP contribution is 2.22. The molecular weight excluding hydrogens is 254 g/mol. The van der Waals surface area contributed by atoms with E-state index < -0.39 is 11.0 Å². The van der Waals surface area contributed by atoms with Gasteiger partial charge in [0.15, 0.2) is 0 Å². The molecule has 0 aliphatic carbocycles. The summed E-state index contributed by atoms with van der Waals surface area (Å²) in [4.78, 5) is 18.0. The molecule has 1 rings (SSSR count). The van der Waals surface area contributed by atoms with Gasteiger partial charge in [-0.25, -0.2) is 4.98 Å². The lowest BCUT2D eigenvalue weighted by Gasteiger charge is -2.14. The van der Waals surface area contributed by atoms with Gasteiger partial charge in [0.2, 0.25) is 11.8 Å². The van der Waals surface area contributed by atoms with E-state index in [1.165, 1.54) is 0 Å². The number of nitrogens with one attached hydrogen (secondary N) is 2. The molecule has 0 saturated heterocycles. The first-order valence-corrected chi connectivity index (χ1v) is 5.85. The van der Waals surface area contributed by atoms with E-state index in [0.29, 0.717) is 6.54 Å². The number of aliphatic hydroxyl groups is 2. The fourth-order valence-corrected chi connectivity index (χ4v) is 1.28. The molecule has 19 heavy (non-hydrogen) atoms. The van der Waals surface area contributed by atoms with Gasteiger partial charge in [0.1, 0.15) is 6.20 Å². The summed E-state index contributed by atoms with van der Waals surface area (Å²) in [5, 5.41) is 34.3. The van der Waals surface area contributed by atoms with Gasteiger partial charge in [-0.1, -0.05) is 6.92 Å². The number of hydrogen-bond donors (Lipinski definition) is 4. The molecule has 0 radical (unpaired) electrons. The van der Waals surface area contributed by atoms with Crippen molar-refractivity contribution in [1.29, 1.82) is 0 Å². The second kappa shape index (κ2) is 7.44. The normalized spacial score (nSPS) is 10.5. The standard InChI is InChI=1S/C10H17N5O4/c1-2-3-11-10-12-4-8(15(18)19)9(14-10)13-7(5-16)6-17/h4,7,16-17H,2-3,5-6H2,1H3,(H2,11,12,13,14). The van der Waals surface area contributed by atoms with Crippen LogP contribution in [0.15, 0.2) is 6.20 Å². The van der Waals surface area contributed by atoms with E-state index in [-0.39, 0.29) is 30.7 Å². The lowest BCUT2D eigenvalue weighted by Crippen LogP contribution is -2.28. The van der Waals surface area contributed by atoms with Crippen LogP contribution in [-0.2, 0) is 0 Å². The molecule has 1 aromatic heterocycles. The van der Waals surface area contributed by atoms with Crippen molar-refractivity contribution in [3.8, 4) is 0 Å². The molecule has 0 spiro atoms. The van der Waals surface area contributed by atoms with Gasteiger partial charge < -0.3 is 20.8 Å². The molecular formula is C10H17N5O4. The van der Waals surface area contributed by atoms with Gasteiger partial charge in [0, 0.05) is 6.54 Å². The number of nitro groups is 1. The SMILES string of the molecule is CCCNc1ncc([N+](=O)[O-])c(NC(CO)CO)n1. The van der Waals surface area contributed by atoms with Gasteiger partial charge >= 0.3 is 5.69 Å². The zero-order valence-electron chi connectivity index (χ0n) is 10.5. The van der Waals surface area contributed by atoms with Crippen LogP contribution >= 0.6 is 0 Å². The molecule has 4 N–H and O–H groups in total. The van der Waals surface area contributed by atoms with Crippen molar-refractivity contribution in [2.24, 2.45) is 0 Å². The second-order valence-corrected chi connectivity index (χ2v) is 3.82. The third kappa shape index (κ3) is 4.30. The highest BCUT2D eigenvalue weighted by Gasteiger charge is 2.19. The van der Waals surface area contributed by atoms with Gasteiger partial charge in [-0.05, 0) is 6.42 Å². The average Bonchev–Trinajstić information content (AvgIpc) is 2.42. The minimum absolute atomic E-state index is 0.0355. The summed E-state index contributed by atoms with van der Waals surface area (Å²) in [7, 11) is 0. The molecule has 0 amide bonds. The molecule has 1 heterocycles. The number of aromatic nitrogens is 2. The van der Waals surface area contributed by atoms with E-state index in [1.807, 2.05) is 6.92 Å². The predicted octanol–water partition coefficient (Wildman–Crippen LogP) is -0.0282. The zero-order valence-corrected chi connectivity index (χ0v) is 10.5. The minimum Gasteiger partial charge on any atom is -0.394 e. The topological polar surface area (TPSA) is 133 Å². The van der Waals surface area contributed by atoms with Crippen molar-refractivity contribution < 1.29 is 15.1 Å². The van der Waals surface area contributed by atoms with Gasteiger partial charge in [-0.15, -0.1) is 0 Å². The highest BCUT2D eigenvalue weighted by atomic mass is 16.6. The summed E-state index contributed by atoms with van der Waals surface area (Å²) in [6.07, 6.45) is 1.94. The van der Waals surface area contributed by atoms with Crippen LogP contribution in [0.25, 0.3) is 0 Å². The van der Waals surface area contributed by atoms with Crippen molar-refractivity contribution in [3.63, 3.8) is 0 Å². The molecule has 9 nitrogen and oxygen atoms in total. The summed E-state index contributed by atoms with van der Waals surface area (Å²) < 4.78 is 0. The second-order valence-electron chi connectivity index (χ2n) is 3.82. The maximum atomic E-state index is 10.8. The van der Waals surface area contributed by atoms with Crippen molar-refractivity contribution in [2.45, 2.75) is 19.4 Å². The third-order valence-electron chi connectivity index (χ3n) is 2.28. The molecule has 0 aliphatic rings. The molecule has 0 aliphatic heterocycles. The maximum Gasteiger partial charge on any atom is 0.329 e. The Morgan fingerprint density at radius 3 is 2.68 bits per heavy atom. The first-order valence-electron chi connectivity index (χ1n) is 5.85. The number of nitrogens with zero attached hydrogens (tertiary/aromatic N) is 3. The molecule has 106 valence electrons. The third-order valence-corrected chi connectivity index (χ3v) is 2.28. The molecule has 0 unspecified atom stereocenters. The van der Waals surface area contributed by atoms with E-state index in [1.54, 1.807) is 0 Å². The summed E-state index contributed by atoms with van der Waals surface area (Å²) in [5.74, 6) is 0.219. The minimum atomic E-state index is -0.715. The Bertz CT molecular complexity index is 424. The molecule has 0 fully saturated rings. The van der Waals surface area contributed by atoms with Gasteiger partial charge in [0.25, 0.3) is 0 Å². The van der Waals surface area contributed by atoms with Gasteiger partial charge in [0.05, 0.1) is 24.2 Å². The van der Waals surface area contributed by atoms with E-state index in [9.17, 15) is 10.1 Å². The van der Waals surface area contributed by atoms with E-state index in [0.717, 1.165) is 12.6 Å². The lowest BCUT2D eigenvalue weighted by atomic mass is 10.3. The van der Waals surface area contributed by atoms with Crippen molar-refractivity contribution in [1.82, 2.24) is 9.97 Å². The molecule has 0 aromatic carbocycles. The smallest absolute Gasteiger partial charge is 0.329 e. The summed E-state index contributed by atoms with van der Waals surface area (Å²) >= 11 is 0. The molecule has 9 heteroatoms. The fraction of sp³-hybridized carbons (Fsp3) is 0.600. The fourth-order valence-electron chi connectivity index (χ4n) is 1.28. The average molecular weight is 271 g/mol. The number of anilines is 2. The number of rotatable bonds is 8. The van der Waals surface area contributed by atoms with Crippen LogP contribution < -0.4 is 10.6 Å².